The predicted molar refractivity (Wildman–Crippen MR) is 93.9 cm³/mol. The standard InChI is InChI=1S/C17H16BrN5/c1-10-9-19-13-7-6-12(18)8-15(13)23-16(10)21-22-17(23)14-5-3-4-11(2)20-14/h3-8,10,19H,9H2,1-2H3/t10-/m1/s1. The van der Waals surface area contributed by atoms with Crippen LogP contribution in [-0.2, 0) is 0 Å². The third kappa shape index (κ3) is 2.43. The Labute approximate surface area is 142 Å². The molecule has 0 saturated heterocycles. The summed E-state index contributed by atoms with van der Waals surface area (Å²) in [7, 11) is 0. The van der Waals surface area contributed by atoms with Crippen LogP contribution in [0.1, 0.15) is 24.4 Å². The van der Waals surface area contributed by atoms with Gasteiger partial charge in [0, 0.05) is 22.6 Å². The summed E-state index contributed by atoms with van der Waals surface area (Å²) in [4.78, 5) is 4.62. The number of nitrogens with one attached hydrogen (secondary N) is 1. The van der Waals surface area contributed by atoms with Gasteiger partial charge in [0.25, 0.3) is 0 Å². The maximum Gasteiger partial charge on any atom is 0.187 e. The number of rotatable bonds is 1. The molecule has 0 amide bonds. The Morgan fingerprint density at radius 3 is 2.91 bits per heavy atom. The highest BCUT2D eigenvalue weighted by atomic mass is 79.9. The van der Waals surface area contributed by atoms with E-state index in [-0.39, 0.29) is 5.92 Å². The van der Waals surface area contributed by atoms with Gasteiger partial charge in [-0.15, -0.1) is 10.2 Å². The molecule has 4 rings (SSSR count). The first-order valence-electron chi connectivity index (χ1n) is 7.56. The van der Waals surface area contributed by atoms with Gasteiger partial charge in [-0.2, -0.15) is 0 Å². The molecule has 6 heteroatoms. The molecule has 116 valence electrons. The fourth-order valence-electron chi connectivity index (χ4n) is 2.88. The summed E-state index contributed by atoms with van der Waals surface area (Å²) in [6, 6.07) is 12.2. The lowest BCUT2D eigenvalue weighted by Crippen LogP contribution is -2.09. The van der Waals surface area contributed by atoms with E-state index in [9.17, 15) is 0 Å². The van der Waals surface area contributed by atoms with Crippen molar-refractivity contribution in [2.45, 2.75) is 19.8 Å². The van der Waals surface area contributed by atoms with Crippen LogP contribution in [0.15, 0.2) is 40.9 Å². The Hall–Kier alpha value is -2.21. The number of pyridine rings is 1. The summed E-state index contributed by atoms with van der Waals surface area (Å²) in [5.41, 5.74) is 3.92. The largest absolute Gasteiger partial charge is 0.383 e. The summed E-state index contributed by atoms with van der Waals surface area (Å²) in [6.45, 7) is 4.97. The van der Waals surface area contributed by atoms with Gasteiger partial charge in [-0.1, -0.05) is 28.9 Å². The third-order valence-electron chi connectivity index (χ3n) is 4.05. The zero-order valence-electron chi connectivity index (χ0n) is 12.9. The average Bonchev–Trinajstić information content (AvgIpc) is 2.93. The normalized spacial score (nSPS) is 16.2. The van der Waals surface area contributed by atoms with E-state index in [1.165, 1.54) is 0 Å². The van der Waals surface area contributed by atoms with Crippen LogP contribution >= 0.6 is 15.9 Å². The predicted octanol–water partition coefficient (Wildman–Crippen LogP) is 3.93. The molecule has 0 aliphatic carbocycles. The van der Waals surface area contributed by atoms with Crippen molar-refractivity contribution in [1.82, 2.24) is 19.7 Å². The van der Waals surface area contributed by atoms with Gasteiger partial charge in [-0.05, 0) is 37.3 Å². The zero-order chi connectivity index (χ0) is 16.0. The van der Waals surface area contributed by atoms with E-state index in [1.54, 1.807) is 0 Å². The second kappa shape index (κ2) is 5.45. The van der Waals surface area contributed by atoms with Gasteiger partial charge in [0.15, 0.2) is 5.82 Å². The summed E-state index contributed by atoms with van der Waals surface area (Å²) in [5.74, 6) is 1.98. The highest BCUT2D eigenvalue weighted by Crippen LogP contribution is 2.34. The summed E-state index contributed by atoms with van der Waals surface area (Å²) in [6.07, 6.45) is 0. The number of anilines is 1. The molecule has 1 atom stereocenters. The second-order valence-electron chi connectivity index (χ2n) is 5.82. The van der Waals surface area contributed by atoms with E-state index in [2.05, 4.69) is 60.1 Å². The Kier molecular flexibility index (Phi) is 3.41. The van der Waals surface area contributed by atoms with Crippen LogP contribution in [-0.4, -0.2) is 26.3 Å². The number of halogens is 1. The van der Waals surface area contributed by atoms with Crippen LogP contribution in [0.5, 0.6) is 0 Å². The van der Waals surface area contributed by atoms with E-state index < -0.39 is 0 Å². The molecule has 0 saturated carbocycles. The number of aromatic nitrogens is 4. The topological polar surface area (TPSA) is 55.6 Å². The lowest BCUT2D eigenvalue weighted by molar-refractivity contribution is 0.725. The molecule has 23 heavy (non-hydrogen) atoms. The van der Waals surface area contributed by atoms with E-state index >= 15 is 0 Å². The highest BCUT2D eigenvalue weighted by molar-refractivity contribution is 9.10. The molecule has 3 heterocycles. The highest BCUT2D eigenvalue weighted by Gasteiger charge is 2.25. The van der Waals surface area contributed by atoms with Crippen LogP contribution in [0.25, 0.3) is 17.2 Å². The molecule has 1 aromatic carbocycles. The van der Waals surface area contributed by atoms with Crippen LogP contribution in [0.2, 0.25) is 0 Å². The molecule has 3 aromatic rings. The average molecular weight is 370 g/mol. The Morgan fingerprint density at radius 2 is 2.09 bits per heavy atom. The summed E-state index contributed by atoms with van der Waals surface area (Å²) in [5, 5.41) is 12.4. The summed E-state index contributed by atoms with van der Waals surface area (Å²) >= 11 is 3.57. The Balaban J connectivity index is 2.01. The molecule has 5 nitrogen and oxygen atoms in total. The number of nitrogens with zero attached hydrogens (tertiary/aromatic N) is 4. The minimum Gasteiger partial charge on any atom is -0.383 e. The van der Waals surface area contributed by atoms with Crippen molar-refractivity contribution in [3.8, 4) is 17.2 Å². The minimum absolute atomic E-state index is 0.257. The van der Waals surface area contributed by atoms with Gasteiger partial charge in [0.2, 0.25) is 0 Å². The fourth-order valence-corrected chi connectivity index (χ4v) is 3.23. The van der Waals surface area contributed by atoms with E-state index in [1.807, 2.05) is 31.2 Å². The zero-order valence-corrected chi connectivity index (χ0v) is 14.5. The lowest BCUT2D eigenvalue weighted by atomic mass is 10.1. The number of aryl methyl sites for hydroxylation is 1. The minimum atomic E-state index is 0.257. The molecule has 1 N–H and O–H groups in total. The molecule has 1 aliphatic heterocycles. The molecule has 0 bridgehead atoms. The van der Waals surface area contributed by atoms with Crippen molar-refractivity contribution in [3.63, 3.8) is 0 Å². The molecular formula is C17H16BrN5. The van der Waals surface area contributed by atoms with Crippen molar-refractivity contribution in [2.24, 2.45) is 0 Å². The van der Waals surface area contributed by atoms with Gasteiger partial charge in [-0.3, -0.25) is 4.57 Å². The lowest BCUT2D eigenvalue weighted by Gasteiger charge is -2.12. The maximum absolute atomic E-state index is 4.62. The second-order valence-corrected chi connectivity index (χ2v) is 6.74. The maximum atomic E-state index is 4.62. The fraction of sp³-hybridized carbons (Fsp3) is 0.235. The molecule has 0 spiro atoms. The van der Waals surface area contributed by atoms with Crippen molar-refractivity contribution in [2.75, 3.05) is 11.9 Å². The number of benzene rings is 1. The van der Waals surface area contributed by atoms with Crippen LogP contribution in [0.4, 0.5) is 5.69 Å². The van der Waals surface area contributed by atoms with Gasteiger partial charge >= 0.3 is 0 Å². The number of hydrogen-bond donors (Lipinski definition) is 1. The first-order chi connectivity index (χ1) is 11.1. The van der Waals surface area contributed by atoms with Crippen LogP contribution in [0.3, 0.4) is 0 Å². The Morgan fingerprint density at radius 1 is 1.22 bits per heavy atom. The molecule has 0 radical (unpaired) electrons. The van der Waals surface area contributed by atoms with Gasteiger partial charge in [0.05, 0.1) is 11.4 Å². The van der Waals surface area contributed by atoms with Gasteiger partial charge in [-0.25, -0.2) is 4.98 Å². The van der Waals surface area contributed by atoms with Crippen molar-refractivity contribution in [3.05, 3.63) is 52.4 Å². The first-order valence-corrected chi connectivity index (χ1v) is 8.36. The van der Waals surface area contributed by atoms with E-state index in [4.69, 9.17) is 0 Å². The van der Waals surface area contributed by atoms with Gasteiger partial charge < -0.3 is 5.32 Å². The van der Waals surface area contributed by atoms with E-state index in [0.717, 1.165) is 45.4 Å². The number of fused-ring (bicyclic) bond motifs is 3. The Bertz CT molecular complexity index is 886. The summed E-state index contributed by atoms with van der Waals surface area (Å²) < 4.78 is 3.14. The SMILES string of the molecule is Cc1cccc(-c2nnc3n2-c2cc(Br)ccc2NC[C@H]3C)n1. The third-order valence-corrected chi connectivity index (χ3v) is 4.54. The van der Waals surface area contributed by atoms with Crippen molar-refractivity contribution < 1.29 is 0 Å². The van der Waals surface area contributed by atoms with Gasteiger partial charge in [0.1, 0.15) is 11.5 Å². The molecule has 0 unspecified atom stereocenters. The van der Waals surface area contributed by atoms with Crippen molar-refractivity contribution in [1.29, 1.82) is 0 Å². The van der Waals surface area contributed by atoms with Crippen molar-refractivity contribution >= 4 is 21.6 Å². The molecule has 2 aromatic heterocycles. The monoisotopic (exact) mass is 369 g/mol. The van der Waals surface area contributed by atoms with Crippen LogP contribution in [0, 0.1) is 6.92 Å². The first kappa shape index (κ1) is 14.4. The van der Waals surface area contributed by atoms with Crippen LogP contribution < -0.4 is 5.32 Å². The number of hydrogen-bond acceptors (Lipinski definition) is 4. The van der Waals surface area contributed by atoms with E-state index in [0.29, 0.717) is 0 Å². The molecule has 1 aliphatic rings. The molecular weight excluding hydrogens is 354 g/mol. The molecule has 0 fully saturated rings. The quantitative estimate of drug-likeness (QED) is 0.705. The smallest absolute Gasteiger partial charge is 0.187 e.